The molecule has 0 heterocycles. The standard InChI is InChI=1S/C3H6O3/c1-6-2-3(4)5/h2H2,1H3,(H,4,5)/p-1. The third-order valence-corrected chi connectivity index (χ3v) is 0.262. The Hall–Kier alpha value is -0.570. The van der Waals surface area contributed by atoms with Gasteiger partial charge in [-0.15, -0.1) is 0 Å². The van der Waals surface area contributed by atoms with E-state index in [4.69, 9.17) is 0 Å². The van der Waals surface area contributed by atoms with Gasteiger partial charge in [0.15, 0.2) is 0 Å². The molecule has 0 aromatic heterocycles. The summed E-state index contributed by atoms with van der Waals surface area (Å²) in [6.45, 7) is -0.319. The number of aliphatic carboxylic acids is 1. The molecule has 0 radical (unpaired) electrons. The molecule has 6 heavy (non-hydrogen) atoms. The molecule has 0 aliphatic rings. The van der Waals surface area contributed by atoms with Crippen LogP contribution in [0.5, 0.6) is 0 Å². The quantitative estimate of drug-likeness (QED) is 0.408. The average Bonchev–Trinajstić information content (AvgIpc) is 1.35. The van der Waals surface area contributed by atoms with Crippen molar-refractivity contribution in [2.24, 2.45) is 0 Å². The monoisotopic (exact) mass is 89.0 g/mol. The van der Waals surface area contributed by atoms with Gasteiger partial charge in [0.25, 0.3) is 0 Å². The summed E-state index contributed by atoms with van der Waals surface area (Å²) in [6.07, 6.45) is 0. The molecule has 0 bridgehead atoms. The van der Waals surface area contributed by atoms with Crippen LogP contribution in [-0.4, -0.2) is 19.7 Å². The van der Waals surface area contributed by atoms with E-state index < -0.39 is 5.97 Å². The highest BCUT2D eigenvalue weighted by atomic mass is 16.5. The minimum absolute atomic E-state index is 0.319. The van der Waals surface area contributed by atoms with E-state index in [0.717, 1.165) is 0 Å². The largest absolute Gasteiger partial charge is 0.548 e. The first kappa shape index (κ1) is 5.43. The summed E-state index contributed by atoms with van der Waals surface area (Å²) in [5.74, 6) is -1.18. The molecule has 0 aliphatic carbocycles. The molecule has 0 atom stereocenters. The number of carbonyl (C=O) groups excluding carboxylic acids is 1. The molecule has 0 aliphatic heterocycles. The topological polar surface area (TPSA) is 49.4 Å². The zero-order chi connectivity index (χ0) is 4.99. The lowest BCUT2D eigenvalue weighted by Crippen LogP contribution is -2.26. The van der Waals surface area contributed by atoms with E-state index in [9.17, 15) is 9.90 Å². The maximum atomic E-state index is 9.36. The molecule has 3 nitrogen and oxygen atoms in total. The van der Waals surface area contributed by atoms with Crippen LogP contribution in [-0.2, 0) is 9.53 Å². The van der Waals surface area contributed by atoms with Gasteiger partial charge >= 0.3 is 0 Å². The second-order valence-corrected chi connectivity index (χ2v) is 0.805. The SMILES string of the molecule is COCC(=O)[O-]. The van der Waals surface area contributed by atoms with Gasteiger partial charge in [0, 0.05) is 7.11 Å². The fourth-order valence-corrected chi connectivity index (χ4v) is 0.118. The van der Waals surface area contributed by atoms with Crippen LogP contribution in [0.2, 0.25) is 0 Å². The predicted octanol–water partition coefficient (Wildman–Crippen LogP) is -1.62. The molecule has 0 aromatic carbocycles. The van der Waals surface area contributed by atoms with Gasteiger partial charge in [0.1, 0.15) is 0 Å². The molecular formula is C3H5O3-. The lowest BCUT2D eigenvalue weighted by atomic mass is 10.8. The molecule has 0 fully saturated rings. The molecule has 0 N–H and O–H groups in total. The van der Waals surface area contributed by atoms with Crippen molar-refractivity contribution in [3.05, 3.63) is 0 Å². The first-order valence-electron chi connectivity index (χ1n) is 1.46. The van der Waals surface area contributed by atoms with Crippen molar-refractivity contribution in [2.45, 2.75) is 0 Å². The molecule has 0 saturated carbocycles. The summed E-state index contributed by atoms with van der Waals surface area (Å²) in [5, 5.41) is 9.36. The minimum Gasteiger partial charge on any atom is -0.548 e. The second-order valence-electron chi connectivity index (χ2n) is 0.805. The Morgan fingerprint density at radius 2 is 2.50 bits per heavy atom. The summed E-state index contributed by atoms with van der Waals surface area (Å²) in [5.41, 5.74) is 0. The Morgan fingerprint density at radius 1 is 2.00 bits per heavy atom. The van der Waals surface area contributed by atoms with Crippen molar-refractivity contribution in [1.29, 1.82) is 0 Å². The molecule has 0 saturated heterocycles. The number of hydrogen-bond donors (Lipinski definition) is 0. The lowest BCUT2D eigenvalue weighted by Gasteiger charge is -1.94. The summed E-state index contributed by atoms with van der Waals surface area (Å²) in [6, 6.07) is 0. The lowest BCUT2D eigenvalue weighted by molar-refractivity contribution is -0.309. The van der Waals surface area contributed by atoms with Crippen molar-refractivity contribution < 1.29 is 14.6 Å². The molecular weight excluding hydrogens is 84.0 g/mol. The smallest absolute Gasteiger partial charge is 0.0857 e. The van der Waals surface area contributed by atoms with Crippen molar-refractivity contribution in [2.75, 3.05) is 13.7 Å². The van der Waals surface area contributed by atoms with Gasteiger partial charge in [-0.3, -0.25) is 0 Å². The third kappa shape index (κ3) is 3.43. The number of methoxy groups -OCH3 is 1. The van der Waals surface area contributed by atoms with Crippen molar-refractivity contribution in [1.82, 2.24) is 0 Å². The highest BCUT2D eigenvalue weighted by molar-refractivity contribution is 5.65. The zero-order valence-corrected chi connectivity index (χ0v) is 3.43. The van der Waals surface area contributed by atoms with E-state index in [-0.39, 0.29) is 6.61 Å². The van der Waals surface area contributed by atoms with Gasteiger partial charge in [0.2, 0.25) is 0 Å². The van der Waals surface area contributed by atoms with E-state index >= 15 is 0 Å². The number of carbonyl (C=O) groups is 1. The van der Waals surface area contributed by atoms with Gasteiger partial charge in [-0.2, -0.15) is 0 Å². The summed E-state index contributed by atoms with van der Waals surface area (Å²) >= 11 is 0. The van der Waals surface area contributed by atoms with E-state index in [1.54, 1.807) is 0 Å². The van der Waals surface area contributed by atoms with Gasteiger partial charge in [-0.05, 0) is 0 Å². The first-order chi connectivity index (χ1) is 2.77. The van der Waals surface area contributed by atoms with Crippen molar-refractivity contribution in [3.63, 3.8) is 0 Å². The van der Waals surface area contributed by atoms with E-state index in [1.165, 1.54) is 7.11 Å². The van der Waals surface area contributed by atoms with Gasteiger partial charge in [0.05, 0.1) is 12.6 Å². The highest BCUT2D eigenvalue weighted by Gasteiger charge is 1.74. The number of ether oxygens (including phenoxy) is 1. The molecule has 0 rings (SSSR count). The maximum absolute atomic E-state index is 9.36. The third-order valence-electron chi connectivity index (χ3n) is 0.262. The van der Waals surface area contributed by atoms with Crippen LogP contribution in [0.15, 0.2) is 0 Å². The van der Waals surface area contributed by atoms with Crippen molar-refractivity contribution in [3.8, 4) is 0 Å². The summed E-state index contributed by atoms with van der Waals surface area (Å²) in [7, 11) is 1.30. The van der Waals surface area contributed by atoms with Crippen LogP contribution in [0.4, 0.5) is 0 Å². The normalized spacial score (nSPS) is 8.17. The van der Waals surface area contributed by atoms with Crippen LogP contribution >= 0.6 is 0 Å². The first-order valence-corrected chi connectivity index (χ1v) is 1.46. The van der Waals surface area contributed by atoms with E-state index in [2.05, 4.69) is 4.74 Å². The number of hydrogen-bond acceptors (Lipinski definition) is 3. The van der Waals surface area contributed by atoms with Crippen LogP contribution < -0.4 is 5.11 Å². The van der Waals surface area contributed by atoms with Crippen LogP contribution in [0, 0.1) is 0 Å². The fourth-order valence-electron chi connectivity index (χ4n) is 0.118. The number of carboxylic acids is 1. The highest BCUT2D eigenvalue weighted by Crippen LogP contribution is 1.57. The summed E-state index contributed by atoms with van der Waals surface area (Å²) in [4.78, 5) is 9.36. The molecule has 0 spiro atoms. The molecule has 3 heteroatoms. The van der Waals surface area contributed by atoms with Crippen LogP contribution in [0.3, 0.4) is 0 Å². The van der Waals surface area contributed by atoms with Gasteiger partial charge in [-0.1, -0.05) is 0 Å². The van der Waals surface area contributed by atoms with E-state index in [1.807, 2.05) is 0 Å². The number of carboxylic acid groups (broad SMARTS) is 1. The molecule has 0 amide bonds. The molecule has 36 valence electrons. The molecule has 0 unspecified atom stereocenters. The Labute approximate surface area is 35.5 Å². The van der Waals surface area contributed by atoms with E-state index in [0.29, 0.717) is 0 Å². The van der Waals surface area contributed by atoms with Crippen LogP contribution in [0.25, 0.3) is 0 Å². The summed E-state index contributed by atoms with van der Waals surface area (Å²) < 4.78 is 4.14. The maximum Gasteiger partial charge on any atom is 0.0857 e. The Balaban J connectivity index is 2.83. The Morgan fingerprint density at radius 3 is 2.50 bits per heavy atom. The van der Waals surface area contributed by atoms with Crippen molar-refractivity contribution >= 4 is 5.97 Å². The zero-order valence-electron chi connectivity index (χ0n) is 3.43. The number of rotatable bonds is 2. The van der Waals surface area contributed by atoms with Gasteiger partial charge in [-0.25, -0.2) is 0 Å². The minimum atomic E-state index is -1.18. The second kappa shape index (κ2) is 2.66. The molecule has 0 aromatic rings. The fraction of sp³-hybridized carbons (Fsp3) is 0.667. The van der Waals surface area contributed by atoms with Crippen LogP contribution in [0.1, 0.15) is 0 Å². The Bertz CT molecular complexity index is 50.0. The van der Waals surface area contributed by atoms with Gasteiger partial charge < -0.3 is 14.6 Å². The Kier molecular flexibility index (Phi) is 2.40. The average molecular weight is 89.1 g/mol. The predicted molar refractivity (Wildman–Crippen MR) is 16.9 cm³/mol.